The summed E-state index contributed by atoms with van der Waals surface area (Å²) in [6.45, 7) is 0.921. The molecule has 0 nitrogen and oxygen atoms in total. The molecule has 0 fully saturated rings. The minimum Gasteiger partial charge on any atom is -0.203 e. The van der Waals surface area contributed by atoms with Crippen LogP contribution in [0.3, 0.4) is 0 Å². The average molecular weight is 179 g/mol. The lowest BCUT2D eigenvalue weighted by molar-refractivity contribution is 0.369. The maximum atomic E-state index is 11.9. The molecular weight excluding hydrogens is 176 g/mol. The van der Waals surface area contributed by atoms with Gasteiger partial charge in [0.2, 0.25) is 5.83 Å². The topological polar surface area (TPSA) is 0 Å². The minimum atomic E-state index is -2.48. The van der Waals surface area contributed by atoms with Gasteiger partial charge in [-0.2, -0.15) is 8.78 Å². The largest absolute Gasteiger partial charge is 0.304 e. The van der Waals surface area contributed by atoms with E-state index < -0.39 is 16.2 Å². The summed E-state index contributed by atoms with van der Waals surface area (Å²) < 4.78 is 32.3. The van der Waals surface area contributed by atoms with Crippen molar-refractivity contribution < 1.29 is 13.2 Å². The number of alkyl halides is 2. The minimum absolute atomic E-state index is 0.921. The van der Waals surface area contributed by atoms with E-state index in [9.17, 15) is 13.2 Å². The molecule has 0 saturated heterocycles. The highest BCUT2D eigenvalue weighted by Gasteiger charge is 2.27. The fourth-order valence-corrected chi connectivity index (χ4v) is 0.309. The SMILES string of the molecule is CC(Cl)(Cl)C(F)=C(F)F. The van der Waals surface area contributed by atoms with Crippen LogP contribution in [-0.4, -0.2) is 4.33 Å². The maximum Gasteiger partial charge on any atom is 0.304 e. The zero-order valence-electron chi connectivity index (χ0n) is 4.39. The molecule has 0 rings (SSSR count). The van der Waals surface area contributed by atoms with Crippen LogP contribution in [0.4, 0.5) is 13.2 Å². The highest BCUT2D eigenvalue weighted by molar-refractivity contribution is 6.49. The van der Waals surface area contributed by atoms with Crippen LogP contribution < -0.4 is 0 Å². The van der Waals surface area contributed by atoms with E-state index in [0.29, 0.717) is 0 Å². The molecule has 54 valence electrons. The Morgan fingerprint density at radius 1 is 1.22 bits per heavy atom. The zero-order chi connectivity index (χ0) is 7.65. The van der Waals surface area contributed by atoms with Crippen molar-refractivity contribution in [2.24, 2.45) is 0 Å². The maximum absolute atomic E-state index is 11.9. The second-order valence-electron chi connectivity index (χ2n) is 1.46. The number of rotatable bonds is 1. The summed E-state index contributed by atoms with van der Waals surface area (Å²) in [5, 5.41) is 0. The fraction of sp³-hybridized carbons (Fsp3) is 0.500. The molecule has 0 aliphatic carbocycles. The molecule has 0 radical (unpaired) electrons. The summed E-state index contributed by atoms with van der Waals surface area (Å²) in [7, 11) is 0. The molecule has 0 N–H and O–H groups in total. The van der Waals surface area contributed by atoms with Gasteiger partial charge >= 0.3 is 6.08 Å². The van der Waals surface area contributed by atoms with Gasteiger partial charge in [0.25, 0.3) is 0 Å². The lowest BCUT2D eigenvalue weighted by atomic mass is 10.4. The van der Waals surface area contributed by atoms with Gasteiger partial charge in [0.05, 0.1) is 0 Å². The molecule has 0 aromatic rings. The Bertz CT molecular complexity index is 131. The van der Waals surface area contributed by atoms with Crippen LogP contribution in [0.5, 0.6) is 0 Å². The van der Waals surface area contributed by atoms with Gasteiger partial charge in [-0.25, -0.2) is 4.39 Å². The number of halogens is 5. The lowest BCUT2D eigenvalue weighted by Crippen LogP contribution is -2.06. The third-order valence-corrected chi connectivity index (χ3v) is 0.883. The van der Waals surface area contributed by atoms with Crippen molar-refractivity contribution in [2.75, 3.05) is 0 Å². The molecule has 0 unspecified atom stereocenters. The molecule has 9 heavy (non-hydrogen) atoms. The monoisotopic (exact) mass is 178 g/mol. The first kappa shape index (κ1) is 9.11. The van der Waals surface area contributed by atoms with E-state index in [4.69, 9.17) is 23.2 Å². The van der Waals surface area contributed by atoms with Crippen molar-refractivity contribution in [3.05, 3.63) is 11.9 Å². The Hall–Kier alpha value is 0.110. The molecular formula is C4H3Cl2F3. The summed E-state index contributed by atoms with van der Waals surface area (Å²) in [4.78, 5) is 0. The first-order valence-electron chi connectivity index (χ1n) is 1.94. The fourth-order valence-electron chi connectivity index (χ4n) is 0.166. The molecule has 0 aliphatic heterocycles. The Labute approximate surface area is 60.2 Å². The van der Waals surface area contributed by atoms with Crippen molar-refractivity contribution in [3.8, 4) is 0 Å². The predicted octanol–water partition coefficient (Wildman–Crippen LogP) is 3.26. The van der Waals surface area contributed by atoms with Gasteiger partial charge in [0, 0.05) is 0 Å². The van der Waals surface area contributed by atoms with E-state index in [1.54, 1.807) is 0 Å². The summed E-state index contributed by atoms with van der Waals surface area (Å²) in [6.07, 6.45) is -2.48. The average Bonchev–Trinajstić information content (AvgIpc) is 1.62. The van der Waals surface area contributed by atoms with Crippen molar-refractivity contribution in [3.63, 3.8) is 0 Å². The molecule has 0 aromatic carbocycles. The smallest absolute Gasteiger partial charge is 0.203 e. The van der Waals surface area contributed by atoms with E-state index in [0.717, 1.165) is 6.92 Å². The van der Waals surface area contributed by atoms with Crippen LogP contribution in [0.1, 0.15) is 6.92 Å². The van der Waals surface area contributed by atoms with Crippen LogP contribution in [0.25, 0.3) is 0 Å². The Kier molecular flexibility index (Phi) is 2.83. The molecule has 0 atom stereocenters. The van der Waals surface area contributed by atoms with Crippen LogP contribution >= 0.6 is 23.2 Å². The summed E-state index contributed by atoms with van der Waals surface area (Å²) in [5.74, 6) is -1.80. The Morgan fingerprint density at radius 2 is 1.56 bits per heavy atom. The normalized spacial score (nSPS) is 11.3. The molecule has 0 spiro atoms. The van der Waals surface area contributed by atoms with E-state index >= 15 is 0 Å². The molecule has 0 saturated carbocycles. The van der Waals surface area contributed by atoms with Gasteiger partial charge in [0.1, 0.15) is 0 Å². The van der Waals surface area contributed by atoms with Crippen LogP contribution in [0.15, 0.2) is 11.9 Å². The van der Waals surface area contributed by atoms with Gasteiger partial charge in [0.15, 0.2) is 4.33 Å². The first-order valence-corrected chi connectivity index (χ1v) is 2.70. The zero-order valence-corrected chi connectivity index (χ0v) is 5.90. The standard InChI is InChI=1S/C4H3Cl2F3/c1-4(5,6)2(7)3(8)9/h1H3. The summed E-state index contributed by atoms with van der Waals surface area (Å²) >= 11 is 9.86. The van der Waals surface area contributed by atoms with Gasteiger partial charge in [-0.3, -0.25) is 0 Å². The molecule has 0 bridgehead atoms. The third kappa shape index (κ3) is 2.96. The van der Waals surface area contributed by atoms with Gasteiger partial charge in [-0.1, -0.05) is 23.2 Å². The summed E-state index contributed by atoms with van der Waals surface area (Å²) in [6, 6.07) is 0. The first-order chi connectivity index (χ1) is 3.85. The van der Waals surface area contributed by atoms with Crippen molar-refractivity contribution >= 4 is 23.2 Å². The van der Waals surface area contributed by atoms with Crippen LogP contribution in [0, 0.1) is 0 Å². The summed E-state index contributed by atoms with van der Waals surface area (Å²) in [5.41, 5.74) is 0. The second-order valence-corrected chi connectivity index (χ2v) is 3.17. The Balaban J connectivity index is 4.40. The van der Waals surface area contributed by atoms with Crippen molar-refractivity contribution in [2.45, 2.75) is 11.3 Å². The molecule has 0 amide bonds. The number of hydrogen-bond acceptors (Lipinski definition) is 0. The second kappa shape index (κ2) is 2.80. The number of allylic oxidation sites excluding steroid dienone is 1. The predicted molar refractivity (Wildman–Crippen MR) is 30.5 cm³/mol. The van der Waals surface area contributed by atoms with Crippen molar-refractivity contribution in [1.82, 2.24) is 0 Å². The highest BCUT2D eigenvalue weighted by atomic mass is 35.5. The molecule has 5 heteroatoms. The molecule has 0 aromatic heterocycles. The third-order valence-electron chi connectivity index (χ3n) is 0.551. The van der Waals surface area contributed by atoms with Crippen LogP contribution in [0.2, 0.25) is 0 Å². The van der Waals surface area contributed by atoms with Gasteiger partial charge in [-0.15, -0.1) is 0 Å². The molecule has 0 aliphatic rings. The molecule has 0 heterocycles. The van der Waals surface area contributed by atoms with Crippen LogP contribution in [-0.2, 0) is 0 Å². The van der Waals surface area contributed by atoms with Crippen molar-refractivity contribution in [1.29, 1.82) is 0 Å². The quantitative estimate of drug-likeness (QED) is 0.542. The highest BCUT2D eigenvalue weighted by Crippen LogP contribution is 2.33. The van der Waals surface area contributed by atoms with Gasteiger partial charge < -0.3 is 0 Å². The Morgan fingerprint density at radius 3 is 1.56 bits per heavy atom. The lowest BCUT2D eigenvalue weighted by Gasteiger charge is -2.07. The van der Waals surface area contributed by atoms with E-state index in [1.807, 2.05) is 0 Å². The van der Waals surface area contributed by atoms with E-state index in [2.05, 4.69) is 0 Å². The van der Waals surface area contributed by atoms with E-state index in [-0.39, 0.29) is 0 Å². The van der Waals surface area contributed by atoms with E-state index in [1.165, 1.54) is 0 Å². The van der Waals surface area contributed by atoms with Gasteiger partial charge in [-0.05, 0) is 6.92 Å². The number of hydrogen-bond donors (Lipinski definition) is 0.